The third-order valence-electron chi connectivity index (χ3n) is 4.38. The summed E-state index contributed by atoms with van der Waals surface area (Å²) in [4.78, 5) is 17.9. The highest BCUT2D eigenvalue weighted by Crippen LogP contribution is 2.24. The summed E-state index contributed by atoms with van der Waals surface area (Å²) in [6, 6.07) is -0.124. The zero-order valence-electron chi connectivity index (χ0n) is 13.8. The minimum atomic E-state index is -0.124. The molecule has 1 N–H and O–H groups in total. The molecule has 8 heteroatoms. The van der Waals surface area contributed by atoms with Crippen molar-refractivity contribution in [3.63, 3.8) is 0 Å². The molecule has 0 radical (unpaired) electrons. The van der Waals surface area contributed by atoms with E-state index in [1.54, 1.807) is 11.3 Å². The largest absolute Gasteiger partial charge is 0.345 e. The second-order valence-electron chi connectivity index (χ2n) is 6.52. The quantitative estimate of drug-likeness (QED) is 0.768. The maximum absolute atomic E-state index is 12.5. The number of amides is 1. The van der Waals surface area contributed by atoms with Crippen molar-refractivity contribution in [3.8, 4) is 0 Å². The van der Waals surface area contributed by atoms with E-state index < -0.39 is 0 Å². The number of thiazole rings is 1. The fourth-order valence-electron chi connectivity index (χ4n) is 3.18. The van der Waals surface area contributed by atoms with Gasteiger partial charge in [0, 0.05) is 30.7 Å². The summed E-state index contributed by atoms with van der Waals surface area (Å²) in [5, 5.41) is 13.7. The van der Waals surface area contributed by atoms with Gasteiger partial charge < -0.3 is 9.88 Å². The molecule has 1 atom stereocenters. The molecule has 24 heavy (non-hydrogen) atoms. The molecule has 4 heterocycles. The van der Waals surface area contributed by atoms with E-state index in [4.69, 9.17) is 0 Å². The molecule has 0 aromatic carbocycles. The standard InChI is InChI=1S/C16H20N6OS/c1-10(2)14(15-20-19-12-4-3-5-22(12)15)18-13(23)8-11-9-21-6-7-24-16(21)17-11/h6-7,9-10,14H,3-5,8H2,1-2H3,(H,18,23)/t14-/m0/s1. The maximum Gasteiger partial charge on any atom is 0.226 e. The number of nitrogens with zero attached hydrogens (tertiary/aromatic N) is 5. The van der Waals surface area contributed by atoms with Gasteiger partial charge in [0.25, 0.3) is 0 Å². The number of carbonyl (C=O) groups is 1. The molecular weight excluding hydrogens is 324 g/mol. The third kappa shape index (κ3) is 2.71. The predicted molar refractivity (Wildman–Crippen MR) is 90.8 cm³/mol. The average Bonchev–Trinajstić information content (AvgIpc) is 3.24. The van der Waals surface area contributed by atoms with Gasteiger partial charge in [-0.05, 0) is 12.3 Å². The highest BCUT2D eigenvalue weighted by atomic mass is 32.1. The predicted octanol–water partition coefficient (Wildman–Crippen LogP) is 1.99. The van der Waals surface area contributed by atoms with Crippen LogP contribution >= 0.6 is 11.3 Å². The molecule has 1 amide bonds. The van der Waals surface area contributed by atoms with Crippen LogP contribution in [0.3, 0.4) is 0 Å². The zero-order valence-corrected chi connectivity index (χ0v) is 14.6. The van der Waals surface area contributed by atoms with Gasteiger partial charge >= 0.3 is 0 Å². The summed E-state index contributed by atoms with van der Waals surface area (Å²) in [5.41, 5.74) is 0.785. The Labute approximate surface area is 143 Å². The normalized spacial score (nSPS) is 15.1. The fraction of sp³-hybridized carbons (Fsp3) is 0.500. The number of hydrogen-bond acceptors (Lipinski definition) is 5. The third-order valence-corrected chi connectivity index (χ3v) is 5.15. The minimum Gasteiger partial charge on any atom is -0.345 e. The molecule has 0 fully saturated rings. The molecule has 0 unspecified atom stereocenters. The van der Waals surface area contributed by atoms with E-state index in [2.05, 4.69) is 38.9 Å². The van der Waals surface area contributed by atoms with Crippen LogP contribution in [0.25, 0.3) is 4.96 Å². The Morgan fingerprint density at radius 1 is 1.42 bits per heavy atom. The molecule has 0 aliphatic carbocycles. The van der Waals surface area contributed by atoms with E-state index in [9.17, 15) is 4.79 Å². The van der Waals surface area contributed by atoms with Crippen LogP contribution in [0.2, 0.25) is 0 Å². The molecule has 7 nitrogen and oxygen atoms in total. The van der Waals surface area contributed by atoms with Crippen molar-refractivity contribution < 1.29 is 4.79 Å². The molecule has 0 spiro atoms. The van der Waals surface area contributed by atoms with Gasteiger partial charge in [-0.1, -0.05) is 13.8 Å². The number of nitrogens with one attached hydrogen (secondary N) is 1. The van der Waals surface area contributed by atoms with Crippen LogP contribution in [0.1, 0.15) is 43.7 Å². The summed E-state index contributed by atoms with van der Waals surface area (Å²) in [7, 11) is 0. The molecule has 0 bridgehead atoms. The van der Waals surface area contributed by atoms with E-state index in [1.807, 2.05) is 22.2 Å². The Morgan fingerprint density at radius 2 is 2.29 bits per heavy atom. The number of rotatable bonds is 5. The van der Waals surface area contributed by atoms with Crippen LogP contribution in [0.4, 0.5) is 0 Å². The number of imidazole rings is 1. The first-order valence-corrected chi connectivity index (χ1v) is 9.12. The Morgan fingerprint density at radius 3 is 3.08 bits per heavy atom. The SMILES string of the molecule is CC(C)[C@H](NC(=O)Cc1cn2ccsc2n1)c1nnc2n1CCC2. The van der Waals surface area contributed by atoms with Crippen LogP contribution in [-0.4, -0.2) is 30.1 Å². The van der Waals surface area contributed by atoms with Crippen molar-refractivity contribution in [1.82, 2.24) is 29.5 Å². The smallest absolute Gasteiger partial charge is 0.226 e. The molecule has 1 aliphatic heterocycles. The Kier molecular flexibility index (Phi) is 3.84. The van der Waals surface area contributed by atoms with Gasteiger partial charge in [0.05, 0.1) is 18.2 Å². The van der Waals surface area contributed by atoms with Gasteiger partial charge in [0.1, 0.15) is 5.82 Å². The van der Waals surface area contributed by atoms with Crippen molar-refractivity contribution in [2.45, 2.75) is 45.7 Å². The van der Waals surface area contributed by atoms with Crippen LogP contribution in [0.5, 0.6) is 0 Å². The van der Waals surface area contributed by atoms with Gasteiger partial charge in [-0.3, -0.25) is 9.20 Å². The van der Waals surface area contributed by atoms with Gasteiger partial charge in [0.15, 0.2) is 10.8 Å². The van der Waals surface area contributed by atoms with Crippen molar-refractivity contribution in [2.75, 3.05) is 0 Å². The van der Waals surface area contributed by atoms with Crippen molar-refractivity contribution in [2.24, 2.45) is 5.92 Å². The van der Waals surface area contributed by atoms with Gasteiger partial charge in [0.2, 0.25) is 5.91 Å². The Hall–Kier alpha value is -2.22. The zero-order chi connectivity index (χ0) is 16.7. The summed E-state index contributed by atoms with van der Waals surface area (Å²) in [6.07, 6.45) is 6.20. The lowest BCUT2D eigenvalue weighted by Crippen LogP contribution is -2.34. The molecule has 1 aliphatic rings. The first kappa shape index (κ1) is 15.3. The number of aryl methyl sites for hydroxylation is 1. The van der Waals surface area contributed by atoms with E-state index in [1.165, 1.54) is 0 Å². The minimum absolute atomic E-state index is 0.0326. The molecule has 0 saturated heterocycles. The van der Waals surface area contributed by atoms with E-state index in [0.717, 1.165) is 41.7 Å². The van der Waals surface area contributed by atoms with E-state index >= 15 is 0 Å². The average molecular weight is 344 g/mol. The molecular formula is C16H20N6OS. The van der Waals surface area contributed by atoms with Gasteiger partial charge in [-0.15, -0.1) is 21.5 Å². The molecule has 4 rings (SSSR count). The lowest BCUT2D eigenvalue weighted by atomic mass is 10.0. The molecule has 126 valence electrons. The second-order valence-corrected chi connectivity index (χ2v) is 7.39. The summed E-state index contributed by atoms with van der Waals surface area (Å²) in [5.74, 6) is 2.11. The van der Waals surface area contributed by atoms with Crippen LogP contribution < -0.4 is 5.32 Å². The molecule has 0 saturated carbocycles. The summed E-state index contributed by atoms with van der Waals surface area (Å²) >= 11 is 1.56. The van der Waals surface area contributed by atoms with E-state index in [-0.39, 0.29) is 24.3 Å². The van der Waals surface area contributed by atoms with Crippen molar-refractivity contribution in [3.05, 3.63) is 35.1 Å². The van der Waals surface area contributed by atoms with E-state index in [0.29, 0.717) is 0 Å². The number of carbonyl (C=O) groups excluding carboxylic acids is 1. The first-order chi connectivity index (χ1) is 11.6. The topological polar surface area (TPSA) is 77.1 Å². The van der Waals surface area contributed by atoms with Gasteiger partial charge in [-0.25, -0.2) is 4.98 Å². The Bertz CT molecular complexity index is 848. The highest BCUT2D eigenvalue weighted by Gasteiger charge is 2.27. The summed E-state index contributed by atoms with van der Waals surface area (Å²) in [6.45, 7) is 5.12. The van der Waals surface area contributed by atoms with Crippen molar-refractivity contribution in [1.29, 1.82) is 0 Å². The Balaban J connectivity index is 1.50. The molecule has 3 aromatic rings. The second kappa shape index (κ2) is 6.01. The number of aromatic nitrogens is 5. The van der Waals surface area contributed by atoms with Gasteiger partial charge in [-0.2, -0.15) is 0 Å². The summed E-state index contributed by atoms with van der Waals surface area (Å²) < 4.78 is 4.09. The monoisotopic (exact) mass is 344 g/mol. The number of hydrogen-bond donors (Lipinski definition) is 1. The van der Waals surface area contributed by atoms with Crippen molar-refractivity contribution >= 4 is 22.2 Å². The van der Waals surface area contributed by atoms with Crippen LogP contribution in [0.15, 0.2) is 17.8 Å². The molecule has 3 aromatic heterocycles. The maximum atomic E-state index is 12.5. The fourth-order valence-corrected chi connectivity index (χ4v) is 3.90. The number of fused-ring (bicyclic) bond motifs is 2. The highest BCUT2D eigenvalue weighted by molar-refractivity contribution is 7.15. The lowest BCUT2D eigenvalue weighted by molar-refractivity contribution is -0.121. The van der Waals surface area contributed by atoms with Crippen LogP contribution in [-0.2, 0) is 24.2 Å². The lowest BCUT2D eigenvalue weighted by Gasteiger charge is -2.21. The first-order valence-electron chi connectivity index (χ1n) is 8.24. The van der Waals surface area contributed by atoms with Crippen LogP contribution in [0, 0.1) is 5.92 Å².